The molecule has 76 valence electrons. The van der Waals surface area contributed by atoms with Gasteiger partial charge in [-0.2, -0.15) is 12.7 Å². The van der Waals surface area contributed by atoms with Crippen LogP contribution in [-0.4, -0.2) is 19.3 Å². The van der Waals surface area contributed by atoms with Gasteiger partial charge in [-0.3, -0.25) is 0 Å². The van der Waals surface area contributed by atoms with Crippen molar-refractivity contribution < 1.29 is 8.42 Å². The molecule has 0 aromatic heterocycles. The molecule has 0 bridgehead atoms. The zero-order valence-electron chi connectivity index (χ0n) is 7.48. The first-order valence-corrected chi connectivity index (χ1v) is 6.60. The lowest BCUT2D eigenvalue weighted by Crippen LogP contribution is -2.32. The Labute approximate surface area is 87.8 Å². The molecule has 0 radical (unpaired) electrons. The number of nitrogens with zero attached hydrogens (tertiary/aromatic N) is 1. The Bertz CT molecular complexity index is 444. The maximum Gasteiger partial charge on any atom is 0.300 e. The molecular formula is C9H10ClNO2S. The van der Waals surface area contributed by atoms with Crippen LogP contribution < -0.4 is 0 Å². The van der Waals surface area contributed by atoms with Gasteiger partial charge in [0.05, 0.1) is 0 Å². The van der Waals surface area contributed by atoms with Crippen molar-refractivity contribution in [2.45, 2.75) is 13.0 Å². The lowest BCUT2D eigenvalue weighted by molar-refractivity contribution is 0.401. The molecule has 0 saturated carbocycles. The third-order valence-electron chi connectivity index (χ3n) is 2.40. The third kappa shape index (κ3) is 1.92. The SMILES string of the molecule is O=S(=O)(Cl)N1CCc2ccccc2C1. The second-order valence-corrected chi connectivity index (χ2v) is 5.80. The van der Waals surface area contributed by atoms with Gasteiger partial charge < -0.3 is 0 Å². The van der Waals surface area contributed by atoms with Crippen LogP contribution in [0.25, 0.3) is 0 Å². The summed E-state index contributed by atoms with van der Waals surface area (Å²) in [5.74, 6) is 0. The maximum absolute atomic E-state index is 11.1. The fourth-order valence-corrected chi connectivity index (χ4v) is 2.61. The Hall–Kier alpha value is -0.580. The Morgan fingerprint density at radius 1 is 1.21 bits per heavy atom. The second kappa shape index (κ2) is 3.53. The lowest BCUT2D eigenvalue weighted by atomic mass is 10.0. The molecule has 0 fully saturated rings. The van der Waals surface area contributed by atoms with E-state index in [1.165, 1.54) is 9.87 Å². The molecule has 2 rings (SSSR count). The van der Waals surface area contributed by atoms with Gasteiger partial charge in [0.15, 0.2) is 0 Å². The van der Waals surface area contributed by atoms with Crippen molar-refractivity contribution in [3.63, 3.8) is 0 Å². The topological polar surface area (TPSA) is 37.4 Å². The van der Waals surface area contributed by atoms with Gasteiger partial charge in [-0.25, -0.2) is 0 Å². The third-order valence-corrected chi connectivity index (χ3v) is 3.92. The van der Waals surface area contributed by atoms with Gasteiger partial charge in [0.2, 0.25) is 0 Å². The molecule has 0 aliphatic carbocycles. The first-order chi connectivity index (χ1) is 6.57. The van der Waals surface area contributed by atoms with Crippen molar-refractivity contribution in [2.75, 3.05) is 6.54 Å². The quantitative estimate of drug-likeness (QED) is 0.688. The van der Waals surface area contributed by atoms with Crippen LogP contribution in [-0.2, 0) is 22.2 Å². The van der Waals surface area contributed by atoms with Gasteiger partial charge in [0.1, 0.15) is 0 Å². The van der Waals surface area contributed by atoms with E-state index in [0.717, 1.165) is 12.0 Å². The standard InChI is InChI=1S/C9H10ClNO2S/c10-14(12,13)11-6-5-8-3-1-2-4-9(8)7-11/h1-4H,5-7H2. The summed E-state index contributed by atoms with van der Waals surface area (Å²) in [5, 5.41) is 0. The molecule has 0 N–H and O–H groups in total. The number of halogens is 1. The summed E-state index contributed by atoms with van der Waals surface area (Å²) < 4.78 is 23.5. The lowest BCUT2D eigenvalue weighted by Gasteiger charge is -2.25. The highest BCUT2D eigenvalue weighted by Crippen LogP contribution is 2.21. The number of rotatable bonds is 1. The fourth-order valence-electron chi connectivity index (χ4n) is 1.66. The minimum Gasteiger partial charge on any atom is -0.195 e. The molecule has 3 nitrogen and oxygen atoms in total. The van der Waals surface area contributed by atoms with E-state index in [1.54, 1.807) is 0 Å². The van der Waals surface area contributed by atoms with E-state index >= 15 is 0 Å². The monoisotopic (exact) mass is 231 g/mol. The minimum atomic E-state index is -3.56. The molecule has 1 heterocycles. The molecule has 1 aliphatic rings. The van der Waals surface area contributed by atoms with E-state index in [4.69, 9.17) is 10.7 Å². The van der Waals surface area contributed by atoms with E-state index in [9.17, 15) is 8.42 Å². The Morgan fingerprint density at radius 2 is 1.86 bits per heavy atom. The van der Waals surface area contributed by atoms with E-state index in [1.807, 2.05) is 24.3 Å². The predicted molar refractivity (Wildman–Crippen MR) is 55.3 cm³/mol. The smallest absolute Gasteiger partial charge is 0.195 e. The van der Waals surface area contributed by atoms with Crippen molar-refractivity contribution in [1.82, 2.24) is 4.31 Å². The van der Waals surface area contributed by atoms with Gasteiger partial charge in [-0.1, -0.05) is 24.3 Å². The van der Waals surface area contributed by atoms with E-state index < -0.39 is 9.24 Å². The van der Waals surface area contributed by atoms with Gasteiger partial charge in [0, 0.05) is 23.8 Å². The fraction of sp³-hybridized carbons (Fsp3) is 0.333. The molecule has 5 heteroatoms. The summed E-state index contributed by atoms with van der Waals surface area (Å²) >= 11 is 0. The molecule has 0 unspecified atom stereocenters. The highest BCUT2D eigenvalue weighted by atomic mass is 35.7. The molecular weight excluding hydrogens is 222 g/mol. The molecule has 1 aromatic rings. The van der Waals surface area contributed by atoms with Crippen LogP contribution in [0.2, 0.25) is 0 Å². The normalized spacial score (nSPS) is 17.8. The van der Waals surface area contributed by atoms with Crippen molar-refractivity contribution in [3.05, 3.63) is 35.4 Å². The highest BCUT2D eigenvalue weighted by molar-refractivity contribution is 8.11. The van der Waals surface area contributed by atoms with Crippen LogP contribution in [0.3, 0.4) is 0 Å². The van der Waals surface area contributed by atoms with Crippen LogP contribution in [0.5, 0.6) is 0 Å². The van der Waals surface area contributed by atoms with Crippen molar-refractivity contribution in [3.8, 4) is 0 Å². The van der Waals surface area contributed by atoms with E-state index in [0.29, 0.717) is 13.1 Å². The van der Waals surface area contributed by atoms with Crippen LogP contribution in [0.15, 0.2) is 24.3 Å². The van der Waals surface area contributed by atoms with Gasteiger partial charge in [0.25, 0.3) is 9.24 Å². The number of benzene rings is 1. The van der Waals surface area contributed by atoms with Gasteiger partial charge in [-0.05, 0) is 17.5 Å². The molecule has 0 atom stereocenters. The Kier molecular flexibility index (Phi) is 2.51. The molecule has 0 amide bonds. The van der Waals surface area contributed by atoms with Crippen LogP contribution in [0, 0.1) is 0 Å². The molecule has 1 aromatic carbocycles. The van der Waals surface area contributed by atoms with Crippen LogP contribution in [0.4, 0.5) is 0 Å². The van der Waals surface area contributed by atoms with Crippen molar-refractivity contribution >= 4 is 19.9 Å². The molecule has 14 heavy (non-hydrogen) atoms. The highest BCUT2D eigenvalue weighted by Gasteiger charge is 2.24. The number of fused-ring (bicyclic) bond motifs is 1. The zero-order valence-corrected chi connectivity index (χ0v) is 9.05. The van der Waals surface area contributed by atoms with E-state index in [2.05, 4.69) is 0 Å². The summed E-state index contributed by atoms with van der Waals surface area (Å²) in [5.41, 5.74) is 2.26. The average molecular weight is 232 g/mol. The van der Waals surface area contributed by atoms with Gasteiger partial charge >= 0.3 is 0 Å². The van der Waals surface area contributed by atoms with Crippen LogP contribution >= 0.6 is 10.7 Å². The maximum atomic E-state index is 11.1. The Morgan fingerprint density at radius 3 is 2.50 bits per heavy atom. The number of hydrogen-bond donors (Lipinski definition) is 0. The second-order valence-electron chi connectivity index (χ2n) is 3.29. The first-order valence-electron chi connectivity index (χ1n) is 4.34. The van der Waals surface area contributed by atoms with E-state index in [-0.39, 0.29) is 0 Å². The summed E-state index contributed by atoms with van der Waals surface area (Å²) in [6.45, 7) is 0.866. The van der Waals surface area contributed by atoms with Crippen LogP contribution in [0.1, 0.15) is 11.1 Å². The van der Waals surface area contributed by atoms with Crippen molar-refractivity contribution in [2.24, 2.45) is 0 Å². The molecule has 1 aliphatic heterocycles. The minimum absolute atomic E-state index is 0.391. The number of hydrogen-bond acceptors (Lipinski definition) is 2. The summed E-state index contributed by atoms with van der Waals surface area (Å²) in [4.78, 5) is 0. The van der Waals surface area contributed by atoms with Gasteiger partial charge in [-0.15, -0.1) is 0 Å². The summed E-state index contributed by atoms with van der Waals surface area (Å²) in [7, 11) is 1.71. The predicted octanol–water partition coefficient (Wildman–Crippen LogP) is 1.53. The molecule has 0 saturated heterocycles. The zero-order chi connectivity index (χ0) is 10.2. The summed E-state index contributed by atoms with van der Waals surface area (Å²) in [6, 6.07) is 7.82. The van der Waals surface area contributed by atoms with Crippen molar-refractivity contribution in [1.29, 1.82) is 0 Å². The Balaban J connectivity index is 2.30. The molecule has 0 spiro atoms. The largest absolute Gasteiger partial charge is 0.300 e. The summed E-state index contributed by atoms with van der Waals surface area (Å²) in [6.07, 6.45) is 0.738. The average Bonchev–Trinajstić information content (AvgIpc) is 2.16. The first kappa shape index (κ1) is 9.96.